The van der Waals surface area contributed by atoms with Gasteiger partial charge >= 0.3 is 0 Å². The number of carbonyl (C=O) groups excluding carboxylic acids is 1. The van der Waals surface area contributed by atoms with Crippen molar-refractivity contribution in [3.63, 3.8) is 0 Å². The summed E-state index contributed by atoms with van der Waals surface area (Å²) in [5.41, 5.74) is 0. The number of likely N-dealkylation sites (tertiary alicyclic amines) is 1. The van der Waals surface area contributed by atoms with E-state index in [0.29, 0.717) is 17.7 Å². The van der Waals surface area contributed by atoms with Crippen molar-refractivity contribution in [3.05, 3.63) is 0 Å². The van der Waals surface area contributed by atoms with E-state index in [1.54, 1.807) is 7.11 Å². The van der Waals surface area contributed by atoms with Gasteiger partial charge < -0.3 is 4.74 Å². The second-order valence-electron chi connectivity index (χ2n) is 5.92. The molecule has 0 aromatic carbocycles. The lowest BCUT2D eigenvalue weighted by molar-refractivity contribution is -0.128. The van der Waals surface area contributed by atoms with Crippen molar-refractivity contribution in [2.45, 2.75) is 64.0 Å². The van der Waals surface area contributed by atoms with Crippen LogP contribution in [0.15, 0.2) is 0 Å². The number of Topliss-reactive ketones (excluding diaryl/α,β-unsaturated/α-hetero) is 1. The van der Waals surface area contributed by atoms with E-state index >= 15 is 0 Å². The smallest absolute Gasteiger partial charge is 0.137 e. The lowest BCUT2D eigenvalue weighted by Gasteiger charge is -2.42. The largest absolute Gasteiger partial charge is 0.380 e. The summed E-state index contributed by atoms with van der Waals surface area (Å²) < 4.78 is 5.39. The van der Waals surface area contributed by atoms with Crippen LogP contribution in [0.1, 0.15) is 51.9 Å². The first-order valence-electron chi connectivity index (χ1n) is 7.52. The first kappa shape index (κ1) is 14.0. The van der Waals surface area contributed by atoms with Crippen LogP contribution in [0.2, 0.25) is 0 Å². The van der Waals surface area contributed by atoms with Gasteiger partial charge in [0, 0.05) is 32.0 Å². The third-order valence-electron chi connectivity index (χ3n) is 4.62. The molecule has 0 amide bonds. The van der Waals surface area contributed by atoms with Crippen molar-refractivity contribution >= 4 is 5.78 Å². The summed E-state index contributed by atoms with van der Waals surface area (Å²) in [6, 6.07) is 0.490. The van der Waals surface area contributed by atoms with E-state index in [0.717, 1.165) is 32.4 Å². The van der Waals surface area contributed by atoms with Gasteiger partial charge in [-0.15, -0.1) is 0 Å². The highest BCUT2D eigenvalue weighted by atomic mass is 16.5. The van der Waals surface area contributed by atoms with Crippen LogP contribution in [0.5, 0.6) is 0 Å². The van der Waals surface area contributed by atoms with Crippen LogP contribution >= 0.6 is 0 Å². The predicted octanol–water partition coefficient (Wildman–Crippen LogP) is 2.64. The van der Waals surface area contributed by atoms with Crippen LogP contribution in [0.25, 0.3) is 0 Å². The Bertz CT molecular complexity index is 280. The second kappa shape index (κ2) is 6.67. The minimum atomic E-state index is 0.268. The molecule has 0 spiro atoms. The Morgan fingerprint density at radius 1 is 1.28 bits per heavy atom. The molecule has 0 aromatic rings. The summed E-state index contributed by atoms with van der Waals surface area (Å²) in [4.78, 5) is 14.7. The summed E-state index contributed by atoms with van der Waals surface area (Å²) in [5, 5.41) is 0. The molecule has 2 aliphatic rings. The minimum absolute atomic E-state index is 0.268. The molecule has 0 bridgehead atoms. The van der Waals surface area contributed by atoms with Gasteiger partial charge in [0.25, 0.3) is 0 Å². The zero-order valence-corrected chi connectivity index (χ0v) is 11.9. The van der Waals surface area contributed by atoms with Crippen LogP contribution in [0, 0.1) is 5.92 Å². The highest BCUT2D eigenvalue weighted by Gasteiger charge is 2.35. The molecule has 2 fully saturated rings. The number of nitrogens with zero attached hydrogens (tertiary/aromatic N) is 1. The molecule has 0 radical (unpaired) electrons. The summed E-state index contributed by atoms with van der Waals surface area (Å²) in [7, 11) is 1.77. The fourth-order valence-corrected chi connectivity index (χ4v) is 3.52. The molecule has 1 aliphatic heterocycles. The summed E-state index contributed by atoms with van der Waals surface area (Å²) >= 11 is 0. The van der Waals surface area contributed by atoms with Crippen molar-refractivity contribution in [1.82, 2.24) is 4.90 Å². The number of rotatable bonds is 4. The van der Waals surface area contributed by atoms with E-state index in [4.69, 9.17) is 4.74 Å². The highest BCUT2D eigenvalue weighted by molar-refractivity contribution is 5.82. The maximum absolute atomic E-state index is 12.1. The van der Waals surface area contributed by atoms with E-state index in [1.165, 1.54) is 25.7 Å². The van der Waals surface area contributed by atoms with Crippen LogP contribution in [0.3, 0.4) is 0 Å². The summed E-state index contributed by atoms with van der Waals surface area (Å²) in [6.45, 7) is 4.24. The molecule has 3 atom stereocenters. The first-order chi connectivity index (χ1) is 8.72. The van der Waals surface area contributed by atoms with Crippen molar-refractivity contribution in [2.24, 2.45) is 5.92 Å². The normalized spacial score (nSPS) is 32.4. The molecule has 1 saturated heterocycles. The Morgan fingerprint density at radius 2 is 2.06 bits per heavy atom. The standard InChI is InChI=1S/C15H27NO2/c1-12(18-2)11-16-10-6-5-8-14(16)13-7-3-4-9-15(13)17/h12-14H,3-11H2,1-2H3. The van der Waals surface area contributed by atoms with Gasteiger partial charge in [-0.3, -0.25) is 9.69 Å². The summed E-state index contributed by atoms with van der Waals surface area (Å²) in [6.07, 6.45) is 8.30. The lowest BCUT2D eigenvalue weighted by Crippen LogP contribution is -2.49. The van der Waals surface area contributed by atoms with Crippen molar-refractivity contribution < 1.29 is 9.53 Å². The maximum atomic E-state index is 12.1. The third kappa shape index (κ3) is 3.33. The molecule has 3 heteroatoms. The van der Waals surface area contributed by atoms with Crippen molar-refractivity contribution in [1.29, 1.82) is 0 Å². The van der Waals surface area contributed by atoms with E-state index in [-0.39, 0.29) is 6.10 Å². The number of carbonyl (C=O) groups is 1. The Labute approximate surface area is 111 Å². The van der Waals surface area contributed by atoms with E-state index in [9.17, 15) is 4.79 Å². The molecule has 3 nitrogen and oxygen atoms in total. The first-order valence-corrected chi connectivity index (χ1v) is 7.52. The molecule has 104 valence electrons. The van der Waals surface area contributed by atoms with Crippen molar-refractivity contribution in [2.75, 3.05) is 20.2 Å². The molecule has 3 unspecified atom stereocenters. The number of methoxy groups -OCH3 is 1. The van der Waals surface area contributed by atoms with E-state index in [1.807, 2.05) is 0 Å². The van der Waals surface area contributed by atoms with Crippen LogP contribution in [-0.2, 0) is 9.53 Å². The van der Waals surface area contributed by atoms with Crippen LogP contribution < -0.4 is 0 Å². The van der Waals surface area contributed by atoms with Gasteiger partial charge in [0.05, 0.1) is 6.10 Å². The molecule has 1 aliphatic carbocycles. The molecule has 2 rings (SSSR count). The zero-order chi connectivity index (χ0) is 13.0. The lowest BCUT2D eigenvalue weighted by atomic mass is 9.79. The quantitative estimate of drug-likeness (QED) is 0.771. The Morgan fingerprint density at radius 3 is 2.78 bits per heavy atom. The molecule has 18 heavy (non-hydrogen) atoms. The molecule has 0 aromatic heterocycles. The van der Waals surface area contributed by atoms with Crippen LogP contribution in [0.4, 0.5) is 0 Å². The van der Waals surface area contributed by atoms with Gasteiger partial charge in [-0.1, -0.05) is 12.8 Å². The molecule has 1 saturated carbocycles. The molecular formula is C15H27NO2. The Balaban J connectivity index is 1.99. The number of hydrogen-bond donors (Lipinski definition) is 0. The third-order valence-corrected chi connectivity index (χ3v) is 4.62. The SMILES string of the molecule is COC(C)CN1CCCCC1C1CCCCC1=O. The second-order valence-corrected chi connectivity index (χ2v) is 5.92. The number of ketones is 1. The van der Waals surface area contributed by atoms with Crippen LogP contribution in [-0.4, -0.2) is 43.0 Å². The van der Waals surface area contributed by atoms with Gasteiger partial charge in [0.2, 0.25) is 0 Å². The van der Waals surface area contributed by atoms with E-state index < -0.39 is 0 Å². The number of hydrogen-bond acceptors (Lipinski definition) is 3. The average Bonchev–Trinajstić information content (AvgIpc) is 2.40. The summed E-state index contributed by atoms with van der Waals surface area (Å²) in [5.74, 6) is 0.825. The fourth-order valence-electron chi connectivity index (χ4n) is 3.52. The topological polar surface area (TPSA) is 29.5 Å². The predicted molar refractivity (Wildman–Crippen MR) is 72.6 cm³/mol. The molecular weight excluding hydrogens is 226 g/mol. The molecule has 1 heterocycles. The Hall–Kier alpha value is -0.410. The maximum Gasteiger partial charge on any atom is 0.137 e. The highest BCUT2D eigenvalue weighted by Crippen LogP contribution is 2.31. The monoisotopic (exact) mass is 253 g/mol. The Kier molecular flexibility index (Phi) is 5.19. The van der Waals surface area contributed by atoms with E-state index in [2.05, 4.69) is 11.8 Å². The number of ether oxygens (including phenoxy) is 1. The van der Waals surface area contributed by atoms with Gasteiger partial charge in [-0.2, -0.15) is 0 Å². The van der Waals surface area contributed by atoms with Gasteiger partial charge in [0.15, 0.2) is 0 Å². The van der Waals surface area contributed by atoms with Gasteiger partial charge in [0.1, 0.15) is 5.78 Å². The van der Waals surface area contributed by atoms with Gasteiger partial charge in [-0.05, 0) is 39.2 Å². The number of piperidine rings is 1. The average molecular weight is 253 g/mol. The van der Waals surface area contributed by atoms with Gasteiger partial charge in [-0.25, -0.2) is 0 Å². The minimum Gasteiger partial charge on any atom is -0.380 e. The molecule has 0 N–H and O–H groups in total. The fraction of sp³-hybridized carbons (Fsp3) is 0.933. The van der Waals surface area contributed by atoms with Crippen molar-refractivity contribution in [3.8, 4) is 0 Å². The zero-order valence-electron chi connectivity index (χ0n) is 11.9.